The van der Waals surface area contributed by atoms with Gasteiger partial charge in [-0.2, -0.15) is 0 Å². The molecule has 1 aliphatic carbocycles. The number of unbranched alkanes of at least 4 members (excludes halogenated alkanes) is 2. The van der Waals surface area contributed by atoms with Crippen molar-refractivity contribution in [3.05, 3.63) is 40.7 Å². The number of primary amides is 1. The van der Waals surface area contributed by atoms with Crippen molar-refractivity contribution in [1.29, 1.82) is 0 Å². The zero-order valence-corrected chi connectivity index (χ0v) is 16.4. The number of nitrogens with two attached hydrogens (primary N) is 1. The topological polar surface area (TPSA) is 57.2 Å². The van der Waals surface area contributed by atoms with Crippen LogP contribution in [0.3, 0.4) is 0 Å². The highest BCUT2D eigenvalue weighted by Crippen LogP contribution is 2.44. The number of aryl methyl sites for hydroxylation is 1. The quantitative estimate of drug-likeness (QED) is 0.682. The molecule has 2 aromatic rings. The Balaban J connectivity index is 2.19. The molecule has 1 aromatic carbocycles. The minimum Gasteiger partial charge on any atom is -0.496 e. The Morgan fingerprint density at radius 1 is 1.27 bits per heavy atom. The Hall–Kier alpha value is -2.23. The monoisotopic (exact) mass is 354 g/mol. The molecule has 1 amide bonds. The number of benzene rings is 1. The number of amides is 1. The number of nitrogens with zero attached hydrogens (tertiary/aromatic N) is 1. The molecular weight excluding hydrogens is 324 g/mol. The van der Waals surface area contributed by atoms with Crippen LogP contribution in [0.2, 0.25) is 0 Å². The largest absolute Gasteiger partial charge is 0.496 e. The highest BCUT2D eigenvalue weighted by Gasteiger charge is 2.32. The lowest BCUT2D eigenvalue weighted by molar-refractivity contribution is 0.1000. The molecule has 140 valence electrons. The molecule has 1 fully saturated rings. The van der Waals surface area contributed by atoms with Crippen LogP contribution in [-0.4, -0.2) is 17.6 Å². The van der Waals surface area contributed by atoms with Crippen LogP contribution in [0.5, 0.6) is 5.75 Å². The van der Waals surface area contributed by atoms with E-state index in [4.69, 9.17) is 10.5 Å². The molecule has 2 N–H and O–H groups in total. The predicted octanol–water partition coefficient (Wildman–Crippen LogP) is 4.95. The first kappa shape index (κ1) is 18.6. The van der Waals surface area contributed by atoms with E-state index < -0.39 is 0 Å². The lowest BCUT2D eigenvalue weighted by Gasteiger charge is -2.13. The summed E-state index contributed by atoms with van der Waals surface area (Å²) in [6.07, 6.45) is 6.88. The van der Waals surface area contributed by atoms with Crippen LogP contribution in [0.1, 0.15) is 72.4 Å². The summed E-state index contributed by atoms with van der Waals surface area (Å²) in [6.45, 7) is 6.29. The molecular formula is C22H30N2O2. The minimum atomic E-state index is -0.331. The van der Waals surface area contributed by atoms with Crippen molar-refractivity contribution >= 4 is 5.91 Å². The van der Waals surface area contributed by atoms with Crippen molar-refractivity contribution in [1.82, 2.24) is 4.57 Å². The zero-order chi connectivity index (χ0) is 18.8. The van der Waals surface area contributed by atoms with Crippen LogP contribution in [-0.2, 0) is 6.42 Å². The van der Waals surface area contributed by atoms with Crippen molar-refractivity contribution in [2.75, 3.05) is 7.11 Å². The van der Waals surface area contributed by atoms with Crippen molar-refractivity contribution < 1.29 is 9.53 Å². The highest BCUT2D eigenvalue weighted by atomic mass is 16.5. The second-order valence-corrected chi connectivity index (χ2v) is 7.39. The van der Waals surface area contributed by atoms with Gasteiger partial charge in [0.1, 0.15) is 5.75 Å². The standard InChI is InChI=1S/C22H30N2O2/c1-5-6-7-8-18-21(16-9-12-19(26-4)14(2)13-16)20(22(23)25)15(3)24(18)17-10-11-17/h9,12-13,17H,5-8,10-11H2,1-4H3,(H2,23,25). The molecule has 1 aliphatic rings. The minimum absolute atomic E-state index is 0.331. The molecule has 0 aliphatic heterocycles. The maximum atomic E-state index is 12.3. The van der Waals surface area contributed by atoms with Crippen LogP contribution in [0.4, 0.5) is 0 Å². The first-order valence-corrected chi connectivity index (χ1v) is 9.68. The maximum absolute atomic E-state index is 12.3. The Morgan fingerprint density at radius 2 is 2.00 bits per heavy atom. The average Bonchev–Trinajstić information content (AvgIpc) is 3.39. The lowest BCUT2D eigenvalue weighted by Crippen LogP contribution is -2.13. The molecule has 0 unspecified atom stereocenters. The molecule has 0 spiro atoms. The van der Waals surface area contributed by atoms with E-state index in [1.54, 1.807) is 7.11 Å². The van der Waals surface area contributed by atoms with Gasteiger partial charge in [-0.15, -0.1) is 0 Å². The smallest absolute Gasteiger partial charge is 0.251 e. The number of hydrogen-bond acceptors (Lipinski definition) is 2. The third-order valence-corrected chi connectivity index (χ3v) is 5.41. The van der Waals surface area contributed by atoms with Gasteiger partial charge in [0.2, 0.25) is 0 Å². The SMILES string of the molecule is CCCCCc1c(-c2ccc(OC)c(C)c2)c(C(N)=O)c(C)n1C1CC1. The first-order chi connectivity index (χ1) is 12.5. The lowest BCUT2D eigenvalue weighted by atomic mass is 9.96. The summed E-state index contributed by atoms with van der Waals surface area (Å²) in [6, 6.07) is 6.67. The van der Waals surface area contributed by atoms with Crippen LogP contribution < -0.4 is 10.5 Å². The number of rotatable bonds is 8. The summed E-state index contributed by atoms with van der Waals surface area (Å²) < 4.78 is 7.80. The number of hydrogen-bond donors (Lipinski definition) is 1. The van der Waals surface area contributed by atoms with Crippen molar-refractivity contribution in [3.63, 3.8) is 0 Å². The van der Waals surface area contributed by atoms with Crippen LogP contribution in [0.25, 0.3) is 11.1 Å². The van der Waals surface area contributed by atoms with E-state index in [0.717, 1.165) is 41.0 Å². The number of aromatic nitrogens is 1. The number of carbonyl (C=O) groups is 1. The van der Waals surface area contributed by atoms with Crippen LogP contribution >= 0.6 is 0 Å². The summed E-state index contributed by atoms with van der Waals surface area (Å²) in [4.78, 5) is 12.3. The Labute approximate surface area is 156 Å². The van der Waals surface area contributed by atoms with Gasteiger partial charge in [-0.25, -0.2) is 0 Å². The Morgan fingerprint density at radius 3 is 2.54 bits per heavy atom. The molecule has 1 aromatic heterocycles. The second-order valence-electron chi connectivity index (χ2n) is 7.39. The maximum Gasteiger partial charge on any atom is 0.251 e. The van der Waals surface area contributed by atoms with E-state index in [-0.39, 0.29) is 5.91 Å². The molecule has 26 heavy (non-hydrogen) atoms. The molecule has 1 heterocycles. The van der Waals surface area contributed by atoms with E-state index >= 15 is 0 Å². The summed E-state index contributed by atoms with van der Waals surface area (Å²) in [5.41, 5.74) is 12.0. The number of ether oxygens (including phenoxy) is 1. The molecule has 0 saturated heterocycles. The van der Waals surface area contributed by atoms with Gasteiger partial charge >= 0.3 is 0 Å². The molecule has 1 saturated carbocycles. The van der Waals surface area contributed by atoms with Gasteiger partial charge in [0, 0.05) is 23.0 Å². The van der Waals surface area contributed by atoms with Gasteiger partial charge in [-0.1, -0.05) is 25.8 Å². The second kappa shape index (κ2) is 7.56. The van der Waals surface area contributed by atoms with Gasteiger partial charge in [0.05, 0.1) is 12.7 Å². The van der Waals surface area contributed by atoms with E-state index in [0.29, 0.717) is 11.6 Å². The van der Waals surface area contributed by atoms with Crippen molar-refractivity contribution in [2.45, 2.75) is 65.3 Å². The van der Waals surface area contributed by atoms with Crippen LogP contribution in [0, 0.1) is 13.8 Å². The van der Waals surface area contributed by atoms with Crippen molar-refractivity contribution in [2.24, 2.45) is 5.73 Å². The fraction of sp³-hybridized carbons (Fsp3) is 0.500. The zero-order valence-electron chi connectivity index (χ0n) is 16.4. The summed E-state index contributed by atoms with van der Waals surface area (Å²) in [5.74, 6) is 0.530. The molecule has 0 radical (unpaired) electrons. The summed E-state index contributed by atoms with van der Waals surface area (Å²) in [5, 5.41) is 0. The highest BCUT2D eigenvalue weighted by molar-refractivity contribution is 6.02. The third-order valence-electron chi connectivity index (χ3n) is 5.41. The summed E-state index contributed by atoms with van der Waals surface area (Å²) >= 11 is 0. The fourth-order valence-corrected chi connectivity index (χ4v) is 4.03. The van der Waals surface area contributed by atoms with Gasteiger partial charge in [-0.05, 0) is 62.8 Å². The van der Waals surface area contributed by atoms with E-state index in [1.807, 2.05) is 26.0 Å². The normalized spacial score (nSPS) is 13.8. The number of methoxy groups -OCH3 is 1. The van der Waals surface area contributed by atoms with Gasteiger partial charge < -0.3 is 15.0 Å². The van der Waals surface area contributed by atoms with E-state index in [2.05, 4.69) is 17.6 Å². The average molecular weight is 354 g/mol. The summed E-state index contributed by atoms with van der Waals surface area (Å²) in [7, 11) is 1.68. The van der Waals surface area contributed by atoms with Crippen LogP contribution in [0.15, 0.2) is 18.2 Å². The van der Waals surface area contributed by atoms with Crippen molar-refractivity contribution in [3.8, 4) is 16.9 Å². The fourth-order valence-electron chi connectivity index (χ4n) is 4.03. The Bertz CT molecular complexity index is 816. The van der Waals surface area contributed by atoms with Gasteiger partial charge in [0.25, 0.3) is 5.91 Å². The molecule has 4 heteroatoms. The van der Waals surface area contributed by atoms with E-state index in [1.165, 1.54) is 31.4 Å². The Kier molecular flexibility index (Phi) is 5.40. The first-order valence-electron chi connectivity index (χ1n) is 9.68. The third kappa shape index (κ3) is 3.37. The van der Waals surface area contributed by atoms with Gasteiger partial charge in [-0.3, -0.25) is 4.79 Å². The molecule has 4 nitrogen and oxygen atoms in total. The van der Waals surface area contributed by atoms with Gasteiger partial charge in [0.15, 0.2) is 0 Å². The molecule has 0 bridgehead atoms. The number of carbonyl (C=O) groups excluding carboxylic acids is 1. The molecule has 0 atom stereocenters. The predicted molar refractivity (Wildman–Crippen MR) is 106 cm³/mol. The van der Waals surface area contributed by atoms with E-state index in [9.17, 15) is 4.79 Å². The molecule has 3 rings (SSSR count).